The highest BCUT2D eigenvalue weighted by Gasteiger charge is 2.46. The maximum absolute atomic E-state index is 2.43. The van der Waals surface area contributed by atoms with Crippen molar-refractivity contribution in [1.82, 2.24) is 0 Å². The maximum atomic E-state index is 2.43. The van der Waals surface area contributed by atoms with Crippen LogP contribution in [-0.2, 0) is 18.3 Å². The highest BCUT2D eigenvalue weighted by molar-refractivity contribution is 5.86. The highest BCUT2D eigenvalue weighted by Crippen LogP contribution is 2.56. The lowest BCUT2D eigenvalue weighted by Gasteiger charge is -2.34. The van der Waals surface area contributed by atoms with E-state index in [4.69, 9.17) is 0 Å². The van der Waals surface area contributed by atoms with Crippen molar-refractivity contribution in [1.29, 1.82) is 0 Å². The monoisotopic (exact) mass is 458 g/mol. The fourth-order valence-electron chi connectivity index (χ4n) is 5.94. The summed E-state index contributed by atoms with van der Waals surface area (Å²) < 4.78 is 0. The lowest BCUT2D eigenvalue weighted by atomic mass is 9.67. The molecule has 0 bridgehead atoms. The van der Waals surface area contributed by atoms with Crippen LogP contribution in [0.25, 0.3) is 11.1 Å². The maximum Gasteiger partial charge on any atom is 0.0713 e. The van der Waals surface area contributed by atoms with Crippen molar-refractivity contribution < 1.29 is 0 Å². The van der Waals surface area contributed by atoms with Crippen LogP contribution in [0.2, 0.25) is 0 Å². The number of aryl methyl sites for hydroxylation is 4. The van der Waals surface area contributed by atoms with Gasteiger partial charge in [-0.3, -0.25) is 0 Å². The Morgan fingerprint density at radius 1 is 0.514 bits per heavy atom. The van der Waals surface area contributed by atoms with Gasteiger partial charge in [-0.25, -0.2) is 0 Å². The molecule has 0 radical (unpaired) electrons. The van der Waals surface area contributed by atoms with Crippen molar-refractivity contribution in [2.45, 2.75) is 71.6 Å². The molecule has 0 amide bonds. The molecule has 0 atom stereocenters. The van der Waals surface area contributed by atoms with Gasteiger partial charge in [-0.1, -0.05) is 123 Å². The van der Waals surface area contributed by atoms with E-state index >= 15 is 0 Å². The molecule has 1 aliphatic rings. The molecule has 1 aliphatic carbocycles. The molecular weight excluding hydrogens is 420 g/mol. The van der Waals surface area contributed by atoms with Crippen molar-refractivity contribution >= 4 is 0 Å². The van der Waals surface area contributed by atoms with Crippen LogP contribution in [0.5, 0.6) is 0 Å². The van der Waals surface area contributed by atoms with E-state index < -0.39 is 0 Å². The zero-order valence-corrected chi connectivity index (χ0v) is 21.8. The largest absolute Gasteiger partial charge is 0.0713 e. The van der Waals surface area contributed by atoms with E-state index in [-0.39, 0.29) is 5.41 Å². The molecule has 4 aromatic carbocycles. The van der Waals surface area contributed by atoms with Crippen LogP contribution in [0.4, 0.5) is 0 Å². The van der Waals surface area contributed by atoms with E-state index in [1.165, 1.54) is 81.3 Å². The SMILES string of the molecule is CCCCc1ccc(C2(c3ccc(CCCC)cc3)c3cc(C)ccc3-c3ccc(C)cc32)cc1. The molecule has 0 heteroatoms. The normalized spacial score (nSPS) is 13.5. The van der Waals surface area contributed by atoms with Gasteiger partial charge in [0.05, 0.1) is 5.41 Å². The molecule has 178 valence electrons. The molecule has 0 heterocycles. The minimum absolute atomic E-state index is 0.296. The fraction of sp³-hybridized carbons (Fsp3) is 0.314. The van der Waals surface area contributed by atoms with Gasteiger partial charge in [0, 0.05) is 0 Å². The van der Waals surface area contributed by atoms with E-state index in [9.17, 15) is 0 Å². The third-order valence-corrected chi connectivity index (χ3v) is 7.86. The van der Waals surface area contributed by atoms with Crippen LogP contribution in [0.15, 0.2) is 84.9 Å². The molecule has 0 fully saturated rings. The summed E-state index contributed by atoms with van der Waals surface area (Å²) in [4.78, 5) is 0. The van der Waals surface area contributed by atoms with Gasteiger partial charge in [0.15, 0.2) is 0 Å². The Morgan fingerprint density at radius 2 is 0.914 bits per heavy atom. The van der Waals surface area contributed by atoms with Crippen molar-refractivity contribution in [3.8, 4) is 11.1 Å². The zero-order valence-electron chi connectivity index (χ0n) is 21.8. The summed E-state index contributed by atoms with van der Waals surface area (Å²) >= 11 is 0. The van der Waals surface area contributed by atoms with E-state index in [0.717, 1.165) is 12.8 Å². The summed E-state index contributed by atoms with van der Waals surface area (Å²) in [6.07, 6.45) is 7.26. The van der Waals surface area contributed by atoms with Crippen LogP contribution >= 0.6 is 0 Å². The lowest BCUT2D eigenvalue weighted by molar-refractivity contribution is 0.757. The van der Waals surface area contributed by atoms with Crippen LogP contribution in [0, 0.1) is 13.8 Å². The minimum atomic E-state index is -0.296. The number of benzene rings is 4. The van der Waals surface area contributed by atoms with E-state index in [1.54, 1.807) is 0 Å². The average Bonchev–Trinajstić information content (AvgIpc) is 3.16. The quantitative estimate of drug-likeness (QED) is 0.217. The summed E-state index contributed by atoms with van der Waals surface area (Å²) in [6, 6.07) is 33.1. The first-order valence-electron chi connectivity index (χ1n) is 13.5. The Morgan fingerprint density at radius 3 is 1.29 bits per heavy atom. The number of hydrogen-bond acceptors (Lipinski definition) is 0. The Hall–Kier alpha value is -3.12. The van der Waals surface area contributed by atoms with Crippen LogP contribution < -0.4 is 0 Å². The van der Waals surface area contributed by atoms with Crippen molar-refractivity contribution in [2.75, 3.05) is 0 Å². The number of fused-ring (bicyclic) bond motifs is 3. The highest BCUT2D eigenvalue weighted by atomic mass is 14.5. The summed E-state index contributed by atoms with van der Waals surface area (Å²) in [7, 11) is 0. The van der Waals surface area contributed by atoms with Crippen molar-refractivity contribution in [3.63, 3.8) is 0 Å². The minimum Gasteiger partial charge on any atom is -0.0654 e. The summed E-state index contributed by atoms with van der Waals surface area (Å²) in [6.45, 7) is 8.98. The van der Waals surface area contributed by atoms with Gasteiger partial charge >= 0.3 is 0 Å². The fourth-order valence-corrected chi connectivity index (χ4v) is 5.94. The first kappa shape index (κ1) is 23.6. The predicted octanol–water partition coefficient (Wildman–Crippen LogP) is 9.35. The van der Waals surface area contributed by atoms with Gasteiger partial charge in [0.2, 0.25) is 0 Å². The van der Waals surface area contributed by atoms with Crippen LogP contribution in [0.1, 0.15) is 84.0 Å². The van der Waals surface area contributed by atoms with E-state index in [1.807, 2.05) is 0 Å². The molecule has 0 nitrogen and oxygen atoms in total. The lowest BCUT2D eigenvalue weighted by Crippen LogP contribution is -2.29. The van der Waals surface area contributed by atoms with Gasteiger partial charge in [-0.2, -0.15) is 0 Å². The Labute approximate surface area is 212 Å². The van der Waals surface area contributed by atoms with Crippen molar-refractivity contribution in [3.05, 3.63) is 129 Å². The zero-order chi connectivity index (χ0) is 24.4. The first-order chi connectivity index (χ1) is 17.1. The van der Waals surface area contributed by atoms with Crippen LogP contribution in [0.3, 0.4) is 0 Å². The van der Waals surface area contributed by atoms with E-state index in [0.29, 0.717) is 0 Å². The number of unbranched alkanes of at least 4 members (excludes halogenated alkanes) is 2. The molecule has 0 N–H and O–H groups in total. The molecule has 0 spiro atoms. The second kappa shape index (κ2) is 9.86. The predicted molar refractivity (Wildman–Crippen MR) is 150 cm³/mol. The Kier molecular flexibility index (Phi) is 6.65. The molecule has 0 unspecified atom stereocenters. The molecule has 0 saturated heterocycles. The van der Waals surface area contributed by atoms with Gasteiger partial charge in [-0.15, -0.1) is 0 Å². The summed E-state index contributed by atoms with van der Waals surface area (Å²) in [5.74, 6) is 0. The van der Waals surface area contributed by atoms with Gasteiger partial charge in [0.25, 0.3) is 0 Å². The Bertz CT molecular complexity index is 1200. The van der Waals surface area contributed by atoms with Gasteiger partial charge in [-0.05, 0) is 84.0 Å². The molecular formula is C35H38. The molecule has 4 aromatic rings. The molecule has 0 saturated carbocycles. The van der Waals surface area contributed by atoms with Crippen LogP contribution in [-0.4, -0.2) is 0 Å². The van der Waals surface area contributed by atoms with Crippen molar-refractivity contribution in [2.24, 2.45) is 0 Å². The third kappa shape index (κ3) is 4.14. The Balaban J connectivity index is 1.77. The first-order valence-corrected chi connectivity index (χ1v) is 13.5. The van der Waals surface area contributed by atoms with Gasteiger partial charge < -0.3 is 0 Å². The topological polar surface area (TPSA) is 0 Å². The summed E-state index contributed by atoms with van der Waals surface area (Å²) in [5, 5.41) is 0. The summed E-state index contributed by atoms with van der Waals surface area (Å²) in [5.41, 5.74) is 13.5. The average molecular weight is 459 g/mol. The molecule has 0 aliphatic heterocycles. The number of hydrogen-bond donors (Lipinski definition) is 0. The van der Waals surface area contributed by atoms with E-state index in [2.05, 4.69) is 113 Å². The third-order valence-electron chi connectivity index (χ3n) is 7.86. The van der Waals surface area contributed by atoms with Gasteiger partial charge in [0.1, 0.15) is 0 Å². The standard InChI is InChI=1S/C35H38/c1-5-7-9-27-13-17-29(18-14-27)35(30-19-15-28(16-20-30)10-8-6-2)33-23-25(3)11-21-31(33)32-22-12-26(4)24-34(32)35/h11-24H,5-10H2,1-4H3. The second-order valence-corrected chi connectivity index (χ2v) is 10.4. The smallest absolute Gasteiger partial charge is 0.0654 e. The molecule has 5 rings (SSSR count). The molecule has 35 heavy (non-hydrogen) atoms. The number of rotatable bonds is 8. The molecule has 0 aromatic heterocycles. The second-order valence-electron chi connectivity index (χ2n) is 10.4.